The van der Waals surface area contributed by atoms with Crippen molar-refractivity contribution in [2.45, 2.75) is 32.1 Å². The summed E-state index contributed by atoms with van der Waals surface area (Å²) in [6.07, 6.45) is 14.2. The number of nitrogens with zero attached hydrogens (tertiary/aromatic N) is 5. The Morgan fingerprint density at radius 3 is 2.67 bits per heavy atom. The number of fused-ring (bicyclic) bond motifs is 2. The lowest BCUT2D eigenvalue weighted by Crippen LogP contribution is -2.24. The van der Waals surface area contributed by atoms with Crippen LogP contribution in [0.3, 0.4) is 0 Å². The Morgan fingerprint density at radius 2 is 1.79 bits per heavy atom. The highest BCUT2D eigenvalue weighted by Gasteiger charge is 2.21. The molecule has 0 aliphatic heterocycles. The molecule has 6 aromatic rings. The summed E-state index contributed by atoms with van der Waals surface area (Å²) in [6.45, 7) is 0. The Hall–Kier alpha value is -4.92. The topological polar surface area (TPSA) is 125 Å². The Bertz CT molecular complexity index is 1800. The Balaban J connectivity index is 1.23. The fourth-order valence-corrected chi connectivity index (χ4v) is 5.41. The van der Waals surface area contributed by atoms with Gasteiger partial charge in [-0.3, -0.25) is 24.8 Å². The van der Waals surface area contributed by atoms with E-state index in [2.05, 4.69) is 41.5 Å². The molecule has 0 aromatic carbocycles. The predicted octanol–water partition coefficient (Wildman–Crippen LogP) is 6.14. The highest BCUT2D eigenvalue weighted by Crippen LogP contribution is 2.33. The van der Waals surface area contributed by atoms with Crippen LogP contribution in [0.1, 0.15) is 32.1 Å². The molecule has 0 bridgehead atoms. The molecule has 0 unspecified atom stereocenters. The van der Waals surface area contributed by atoms with E-state index in [1.54, 1.807) is 24.8 Å². The van der Waals surface area contributed by atoms with Crippen LogP contribution < -0.4 is 5.32 Å². The minimum atomic E-state index is 0.0764. The van der Waals surface area contributed by atoms with Gasteiger partial charge in [0.2, 0.25) is 5.91 Å². The van der Waals surface area contributed by atoms with Crippen molar-refractivity contribution >= 4 is 33.5 Å². The first-order valence-corrected chi connectivity index (χ1v) is 13.2. The second-order valence-corrected chi connectivity index (χ2v) is 10.00. The van der Waals surface area contributed by atoms with Crippen LogP contribution in [0, 0.1) is 5.92 Å². The van der Waals surface area contributed by atoms with Crippen molar-refractivity contribution in [3.63, 3.8) is 0 Å². The monoisotopic (exact) mass is 514 g/mol. The van der Waals surface area contributed by atoms with Crippen molar-refractivity contribution in [1.29, 1.82) is 0 Å². The van der Waals surface area contributed by atoms with Crippen molar-refractivity contribution in [3.05, 3.63) is 73.4 Å². The molecule has 1 aliphatic carbocycles. The number of hydrogen-bond donors (Lipinski definition) is 3. The van der Waals surface area contributed by atoms with Gasteiger partial charge in [-0.1, -0.05) is 25.3 Å². The van der Waals surface area contributed by atoms with Crippen LogP contribution in [-0.2, 0) is 4.79 Å². The molecule has 6 heterocycles. The SMILES string of the molecule is O=C(Nc1cncc(-c2ccc3[nH]nc(-c4cc5c(-c6ccccn6)cncc5[nH]4)c3n2)c1)C1CCCCC1. The van der Waals surface area contributed by atoms with E-state index in [4.69, 9.17) is 4.98 Å². The third kappa shape index (κ3) is 4.41. The maximum absolute atomic E-state index is 12.8. The average molecular weight is 515 g/mol. The van der Waals surface area contributed by atoms with E-state index in [1.165, 1.54) is 6.42 Å². The number of hydrogen-bond acceptors (Lipinski definition) is 6. The van der Waals surface area contributed by atoms with Crippen LogP contribution in [0.4, 0.5) is 5.69 Å². The standard InChI is InChI=1S/C30H26N8O/c39-30(18-6-2-1-3-7-18)34-20-12-19(14-31-15-20)23-9-10-25-28(36-23)29(38-37-25)26-13-21-22(16-32-17-27(21)35-26)24-8-4-5-11-33-24/h4-5,8-18,35H,1-3,6-7H2,(H,34,39)(H,37,38). The molecule has 0 atom stereocenters. The third-order valence-electron chi connectivity index (χ3n) is 7.43. The van der Waals surface area contributed by atoms with Crippen LogP contribution in [0.25, 0.3) is 55.8 Å². The third-order valence-corrected chi connectivity index (χ3v) is 7.43. The minimum Gasteiger partial charge on any atom is -0.352 e. The maximum atomic E-state index is 12.8. The smallest absolute Gasteiger partial charge is 0.227 e. The second kappa shape index (κ2) is 9.75. The molecule has 6 aromatic heterocycles. The molecule has 3 N–H and O–H groups in total. The van der Waals surface area contributed by atoms with Crippen molar-refractivity contribution < 1.29 is 4.79 Å². The molecule has 7 rings (SSSR count). The van der Waals surface area contributed by atoms with Crippen molar-refractivity contribution in [1.82, 2.24) is 35.1 Å². The van der Waals surface area contributed by atoms with E-state index in [9.17, 15) is 4.79 Å². The summed E-state index contributed by atoms with van der Waals surface area (Å²) in [7, 11) is 0. The summed E-state index contributed by atoms with van der Waals surface area (Å²) in [4.78, 5) is 34.4. The molecule has 1 amide bonds. The van der Waals surface area contributed by atoms with Gasteiger partial charge in [-0.2, -0.15) is 5.10 Å². The molecular weight excluding hydrogens is 488 g/mol. The van der Waals surface area contributed by atoms with Gasteiger partial charge in [0.05, 0.1) is 46.2 Å². The lowest BCUT2D eigenvalue weighted by molar-refractivity contribution is -0.120. The molecule has 0 saturated heterocycles. The first-order valence-electron chi connectivity index (χ1n) is 13.2. The fraction of sp³-hybridized carbons (Fsp3) is 0.200. The van der Waals surface area contributed by atoms with Crippen LogP contribution in [0.15, 0.2) is 73.4 Å². The van der Waals surface area contributed by atoms with E-state index in [0.29, 0.717) is 11.4 Å². The zero-order valence-electron chi connectivity index (χ0n) is 21.2. The molecule has 9 heteroatoms. The highest BCUT2D eigenvalue weighted by molar-refractivity contribution is 5.99. The van der Waals surface area contributed by atoms with E-state index in [0.717, 1.165) is 75.8 Å². The van der Waals surface area contributed by atoms with Crippen LogP contribution in [0.2, 0.25) is 0 Å². The van der Waals surface area contributed by atoms with Crippen molar-refractivity contribution in [2.24, 2.45) is 5.92 Å². The van der Waals surface area contributed by atoms with Crippen molar-refractivity contribution in [2.75, 3.05) is 5.32 Å². The normalized spacial score (nSPS) is 14.2. The van der Waals surface area contributed by atoms with Crippen LogP contribution >= 0.6 is 0 Å². The van der Waals surface area contributed by atoms with Gasteiger partial charge in [0.15, 0.2) is 0 Å². The van der Waals surface area contributed by atoms with Gasteiger partial charge in [0.1, 0.15) is 11.2 Å². The number of rotatable bonds is 5. The van der Waals surface area contributed by atoms with Gasteiger partial charge >= 0.3 is 0 Å². The van der Waals surface area contributed by atoms with Gasteiger partial charge in [0.25, 0.3) is 0 Å². The first-order chi connectivity index (χ1) is 19.2. The number of carbonyl (C=O) groups excluding carboxylic acids is 1. The molecular formula is C30H26N8O. The number of aromatic amines is 2. The maximum Gasteiger partial charge on any atom is 0.227 e. The molecule has 1 aliphatic rings. The van der Waals surface area contributed by atoms with Crippen molar-refractivity contribution in [3.8, 4) is 33.9 Å². The summed E-state index contributed by atoms with van der Waals surface area (Å²) in [5.41, 5.74) is 8.06. The highest BCUT2D eigenvalue weighted by atomic mass is 16.1. The second-order valence-electron chi connectivity index (χ2n) is 10.00. The predicted molar refractivity (Wildman–Crippen MR) is 151 cm³/mol. The molecule has 192 valence electrons. The van der Waals surface area contributed by atoms with Crippen LogP contribution in [-0.4, -0.2) is 41.0 Å². The van der Waals surface area contributed by atoms with Gasteiger partial charge < -0.3 is 10.3 Å². The summed E-state index contributed by atoms with van der Waals surface area (Å²) >= 11 is 0. The van der Waals surface area contributed by atoms with E-state index < -0.39 is 0 Å². The van der Waals surface area contributed by atoms with Gasteiger partial charge in [-0.05, 0) is 49.2 Å². The summed E-state index contributed by atoms with van der Waals surface area (Å²) < 4.78 is 0. The Morgan fingerprint density at radius 1 is 0.897 bits per heavy atom. The van der Waals surface area contributed by atoms with Gasteiger partial charge in [0, 0.05) is 41.0 Å². The molecule has 0 spiro atoms. The lowest BCUT2D eigenvalue weighted by atomic mass is 9.88. The fourth-order valence-electron chi connectivity index (χ4n) is 5.41. The zero-order valence-corrected chi connectivity index (χ0v) is 21.2. The number of anilines is 1. The van der Waals surface area contributed by atoms with E-state index in [-0.39, 0.29) is 11.8 Å². The molecule has 1 fully saturated rings. The summed E-state index contributed by atoms with van der Waals surface area (Å²) in [5.74, 6) is 0.155. The number of H-pyrrole nitrogens is 2. The summed E-state index contributed by atoms with van der Waals surface area (Å²) in [5, 5.41) is 11.7. The number of aromatic nitrogens is 7. The Kier molecular flexibility index (Phi) is 5.81. The van der Waals surface area contributed by atoms with Gasteiger partial charge in [-0.15, -0.1) is 0 Å². The number of carbonyl (C=O) groups is 1. The molecule has 0 radical (unpaired) electrons. The summed E-state index contributed by atoms with van der Waals surface area (Å²) in [6, 6.07) is 13.7. The molecule has 39 heavy (non-hydrogen) atoms. The lowest BCUT2D eigenvalue weighted by Gasteiger charge is -2.20. The minimum absolute atomic E-state index is 0.0764. The number of nitrogens with one attached hydrogen (secondary N) is 3. The average Bonchev–Trinajstić information content (AvgIpc) is 3.62. The zero-order chi connectivity index (χ0) is 26.2. The molecule has 1 saturated carbocycles. The number of pyridine rings is 4. The largest absolute Gasteiger partial charge is 0.352 e. The Labute approximate surface area is 224 Å². The molecule has 9 nitrogen and oxygen atoms in total. The van der Waals surface area contributed by atoms with Gasteiger partial charge in [-0.25, -0.2) is 4.98 Å². The number of amides is 1. The van der Waals surface area contributed by atoms with E-state index in [1.807, 2.05) is 42.6 Å². The quantitative estimate of drug-likeness (QED) is 0.254. The first kappa shape index (κ1) is 23.2. The van der Waals surface area contributed by atoms with Crippen LogP contribution in [0.5, 0.6) is 0 Å². The van der Waals surface area contributed by atoms with E-state index >= 15 is 0 Å².